The molecule has 33 heavy (non-hydrogen) atoms. The summed E-state index contributed by atoms with van der Waals surface area (Å²) in [6.07, 6.45) is 0. The first-order chi connectivity index (χ1) is 15.5. The van der Waals surface area contributed by atoms with Gasteiger partial charge < -0.3 is 46.5 Å². The third kappa shape index (κ3) is 6.21. The maximum atomic E-state index is 13.0. The first-order valence-electron chi connectivity index (χ1n) is 10.4. The van der Waals surface area contributed by atoms with Crippen molar-refractivity contribution in [3.8, 4) is 23.0 Å². The molecule has 10 heteroatoms. The molecule has 0 spiro atoms. The summed E-state index contributed by atoms with van der Waals surface area (Å²) in [6.45, 7) is 3.12. The van der Waals surface area contributed by atoms with Crippen LogP contribution in [0.1, 0.15) is 20.7 Å². The van der Waals surface area contributed by atoms with Crippen molar-refractivity contribution in [1.82, 2.24) is 10.2 Å². The van der Waals surface area contributed by atoms with Crippen molar-refractivity contribution in [3.05, 3.63) is 47.5 Å². The van der Waals surface area contributed by atoms with Gasteiger partial charge >= 0.3 is 0 Å². The van der Waals surface area contributed by atoms with E-state index < -0.39 is 0 Å². The highest BCUT2D eigenvalue weighted by molar-refractivity contribution is 5.96. The number of halogens is 1. The molecular weight excluding hydrogens is 450 g/mol. The zero-order chi connectivity index (χ0) is 23.1. The summed E-state index contributed by atoms with van der Waals surface area (Å²) in [6, 6.07) is 10.4. The van der Waals surface area contributed by atoms with Crippen LogP contribution in [0.5, 0.6) is 23.0 Å². The van der Waals surface area contributed by atoms with E-state index in [9.17, 15) is 9.59 Å². The van der Waals surface area contributed by atoms with Crippen molar-refractivity contribution in [2.24, 2.45) is 0 Å². The molecule has 2 N–H and O–H groups in total. The molecule has 9 nitrogen and oxygen atoms in total. The molecule has 2 amide bonds. The monoisotopic (exact) mass is 479 g/mol. The average molecular weight is 480 g/mol. The highest BCUT2D eigenvalue weighted by Crippen LogP contribution is 2.38. The molecule has 0 atom stereocenters. The number of carbonyl (C=O) groups is 2. The Morgan fingerprint density at radius 1 is 0.909 bits per heavy atom. The van der Waals surface area contributed by atoms with E-state index in [1.807, 2.05) is 0 Å². The molecule has 180 valence electrons. The number of methoxy groups -OCH3 is 4. The van der Waals surface area contributed by atoms with E-state index in [1.165, 1.54) is 26.2 Å². The van der Waals surface area contributed by atoms with E-state index >= 15 is 0 Å². The van der Waals surface area contributed by atoms with Gasteiger partial charge in [0, 0.05) is 11.1 Å². The summed E-state index contributed by atoms with van der Waals surface area (Å²) in [5.74, 6) is 1.74. The first-order valence-corrected chi connectivity index (χ1v) is 10.4. The second-order valence-electron chi connectivity index (χ2n) is 7.37. The van der Waals surface area contributed by atoms with Gasteiger partial charge in [0.25, 0.3) is 11.8 Å². The molecule has 0 bridgehead atoms. The Hall–Kier alpha value is -3.17. The molecule has 1 fully saturated rings. The second kappa shape index (κ2) is 12.2. The third-order valence-corrected chi connectivity index (χ3v) is 5.50. The normalized spacial score (nSPS) is 13.5. The van der Waals surface area contributed by atoms with Gasteiger partial charge in [-0.25, -0.2) is 0 Å². The van der Waals surface area contributed by atoms with Crippen molar-refractivity contribution < 1.29 is 45.8 Å². The Morgan fingerprint density at radius 3 is 2.09 bits per heavy atom. The van der Waals surface area contributed by atoms with Crippen LogP contribution in [0.25, 0.3) is 0 Å². The zero-order valence-electron chi connectivity index (χ0n) is 19.3. The minimum atomic E-state index is -0.146. The van der Waals surface area contributed by atoms with Crippen molar-refractivity contribution in [2.45, 2.75) is 0 Å². The lowest BCUT2D eigenvalue weighted by atomic mass is 10.1. The van der Waals surface area contributed by atoms with Crippen LogP contribution < -0.4 is 41.6 Å². The molecule has 2 aromatic carbocycles. The Labute approximate surface area is 199 Å². The highest BCUT2D eigenvalue weighted by atomic mass is 35.5. The molecule has 0 radical (unpaired) electrons. The largest absolute Gasteiger partial charge is 1.00 e. The van der Waals surface area contributed by atoms with Gasteiger partial charge in [-0.2, -0.15) is 0 Å². The zero-order valence-corrected chi connectivity index (χ0v) is 20.0. The highest BCUT2D eigenvalue weighted by Gasteiger charge is 2.26. The van der Waals surface area contributed by atoms with E-state index in [4.69, 9.17) is 18.9 Å². The number of amides is 2. The van der Waals surface area contributed by atoms with E-state index in [2.05, 4.69) is 5.32 Å². The first kappa shape index (κ1) is 26.1. The molecule has 0 saturated carbocycles. The standard InChI is InChI=1S/C23H29N3O6.ClH/c1-29-18-7-5-6-16(12-18)22(27)24-15-25-8-10-26(11-9-25)23(28)17-13-19(30-2)21(32-4)20(14-17)31-3;/h5-7,12-14H,8-11,15H2,1-4H3,(H,24,27);1H. The summed E-state index contributed by atoms with van der Waals surface area (Å²) in [5, 5.41) is 2.96. The number of hydrogen-bond donors (Lipinski definition) is 2. The number of rotatable bonds is 8. The smallest absolute Gasteiger partial charge is 0.255 e. The van der Waals surface area contributed by atoms with Crippen LogP contribution in [0.2, 0.25) is 0 Å². The van der Waals surface area contributed by atoms with Gasteiger partial charge in [0.1, 0.15) is 5.75 Å². The summed E-state index contributed by atoms with van der Waals surface area (Å²) >= 11 is 0. The van der Waals surface area contributed by atoms with Crippen LogP contribution in [-0.4, -0.2) is 78.0 Å². The van der Waals surface area contributed by atoms with Crippen LogP contribution in [0.15, 0.2) is 36.4 Å². The number of nitrogens with one attached hydrogen (secondary N) is 2. The Balaban J connectivity index is 0.00000385. The predicted octanol–water partition coefficient (Wildman–Crippen LogP) is -2.55. The quantitative estimate of drug-likeness (QED) is 0.433. The van der Waals surface area contributed by atoms with Crippen LogP contribution in [0.4, 0.5) is 0 Å². The number of nitrogens with zero attached hydrogens (tertiary/aromatic N) is 1. The van der Waals surface area contributed by atoms with Gasteiger partial charge in [0.15, 0.2) is 18.2 Å². The fourth-order valence-corrected chi connectivity index (χ4v) is 3.66. The minimum absolute atomic E-state index is 0. The van der Waals surface area contributed by atoms with Crippen LogP contribution >= 0.6 is 0 Å². The average Bonchev–Trinajstić information content (AvgIpc) is 2.86. The number of piperazine rings is 1. The fraction of sp³-hybridized carbons (Fsp3) is 0.391. The lowest BCUT2D eigenvalue weighted by Gasteiger charge is -2.32. The van der Waals surface area contributed by atoms with Crippen molar-refractivity contribution in [1.29, 1.82) is 0 Å². The Morgan fingerprint density at radius 2 is 1.55 bits per heavy atom. The summed E-state index contributed by atoms with van der Waals surface area (Å²) in [5.41, 5.74) is 1.04. The Bertz CT molecular complexity index is 938. The molecule has 0 aliphatic carbocycles. The molecule has 0 unspecified atom stereocenters. The molecule has 1 aliphatic rings. The number of quaternary nitrogens is 1. The second-order valence-corrected chi connectivity index (χ2v) is 7.37. The van der Waals surface area contributed by atoms with Crippen molar-refractivity contribution in [2.75, 3.05) is 61.3 Å². The summed E-state index contributed by atoms with van der Waals surface area (Å²) in [4.78, 5) is 28.4. The van der Waals surface area contributed by atoms with E-state index in [0.717, 1.165) is 13.1 Å². The summed E-state index contributed by atoms with van der Waals surface area (Å²) in [7, 11) is 6.14. The molecular formula is C23H30ClN3O6. The van der Waals surface area contributed by atoms with Gasteiger partial charge in [-0.3, -0.25) is 9.59 Å². The van der Waals surface area contributed by atoms with Crippen LogP contribution in [-0.2, 0) is 0 Å². The van der Waals surface area contributed by atoms with Crippen LogP contribution in [0.3, 0.4) is 0 Å². The molecule has 1 saturated heterocycles. The van der Waals surface area contributed by atoms with Crippen molar-refractivity contribution in [3.63, 3.8) is 0 Å². The predicted molar refractivity (Wildman–Crippen MR) is 118 cm³/mol. The maximum Gasteiger partial charge on any atom is 0.255 e. The molecule has 3 rings (SSSR count). The van der Waals surface area contributed by atoms with Crippen LogP contribution in [0, 0.1) is 0 Å². The molecule has 0 aromatic heterocycles. The lowest BCUT2D eigenvalue weighted by Crippen LogP contribution is -3.16. The SMILES string of the molecule is COc1cccc(C(=O)NC[NH+]2CCN(C(=O)c3cc(OC)c(OC)c(OC)c3)CC2)c1.[Cl-]. The van der Waals surface area contributed by atoms with Crippen molar-refractivity contribution >= 4 is 11.8 Å². The maximum absolute atomic E-state index is 13.0. The molecule has 2 aromatic rings. The lowest BCUT2D eigenvalue weighted by molar-refractivity contribution is -0.905. The number of ether oxygens (including phenoxy) is 4. The molecule has 1 heterocycles. The fourth-order valence-electron chi connectivity index (χ4n) is 3.66. The Kier molecular flexibility index (Phi) is 9.62. The number of carbonyl (C=O) groups excluding carboxylic acids is 2. The third-order valence-electron chi connectivity index (χ3n) is 5.50. The van der Waals surface area contributed by atoms with Gasteiger partial charge in [0.05, 0.1) is 54.6 Å². The van der Waals surface area contributed by atoms with Gasteiger partial charge in [-0.15, -0.1) is 0 Å². The topological polar surface area (TPSA) is 90.8 Å². The summed E-state index contributed by atoms with van der Waals surface area (Å²) < 4.78 is 21.2. The van der Waals surface area contributed by atoms with Gasteiger partial charge in [0.2, 0.25) is 5.75 Å². The minimum Gasteiger partial charge on any atom is -1.00 e. The van der Waals surface area contributed by atoms with Gasteiger partial charge in [-0.1, -0.05) is 6.07 Å². The number of hydrogen-bond acceptors (Lipinski definition) is 6. The van der Waals surface area contributed by atoms with E-state index in [-0.39, 0.29) is 24.2 Å². The van der Waals surface area contributed by atoms with E-state index in [1.54, 1.807) is 48.4 Å². The number of benzene rings is 2. The molecule has 1 aliphatic heterocycles. The van der Waals surface area contributed by atoms with E-state index in [0.29, 0.717) is 53.9 Å². The van der Waals surface area contributed by atoms with Gasteiger partial charge in [-0.05, 0) is 30.3 Å².